The van der Waals surface area contributed by atoms with E-state index in [0.717, 1.165) is 51.2 Å². The molecule has 0 aliphatic heterocycles. The van der Waals surface area contributed by atoms with E-state index in [1.165, 1.54) is 18.7 Å². The molecule has 6 nitrogen and oxygen atoms in total. The number of nitrogens with zero attached hydrogens (tertiary/aromatic N) is 1. The maximum Gasteiger partial charge on any atom is 0.339 e. The van der Waals surface area contributed by atoms with Crippen LogP contribution in [0.25, 0.3) is 11.1 Å². The van der Waals surface area contributed by atoms with Crippen molar-refractivity contribution in [2.24, 2.45) is 11.7 Å². The second kappa shape index (κ2) is 12.2. The minimum atomic E-state index is -1.06. The van der Waals surface area contributed by atoms with Crippen molar-refractivity contribution >= 4 is 18.4 Å². The van der Waals surface area contributed by atoms with E-state index >= 15 is 0 Å². The second-order valence-electron chi connectivity index (χ2n) is 9.44. The lowest BCUT2D eigenvalue weighted by molar-refractivity contribution is 0.0691. The average molecular weight is 513 g/mol. The van der Waals surface area contributed by atoms with Crippen molar-refractivity contribution in [3.63, 3.8) is 0 Å². The lowest BCUT2D eigenvalue weighted by Gasteiger charge is -2.22. The Kier molecular flexibility index (Phi) is 9.91. The van der Waals surface area contributed by atoms with Crippen molar-refractivity contribution in [3.8, 4) is 22.6 Å². The molecule has 1 heterocycles. The van der Waals surface area contributed by atoms with Crippen LogP contribution in [0.3, 0.4) is 0 Å². The Bertz CT molecular complexity index is 1240. The normalized spacial score (nSPS) is 10.8. The largest absolute Gasteiger partial charge is 0.496 e. The van der Waals surface area contributed by atoms with Gasteiger partial charge in [-0.05, 0) is 73.9 Å². The number of hydrogen-bond acceptors (Lipinski definition) is 5. The molecule has 0 fully saturated rings. The fraction of sp³-hybridized carbons (Fsp3) is 0.379. The highest BCUT2D eigenvalue weighted by Crippen LogP contribution is 2.37. The number of pyridine rings is 1. The van der Waals surface area contributed by atoms with Crippen LogP contribution >= 0.6 is 12.4 Å². The third kappa shape index (κ3) is 6.00. The summed E-state index contributed by atoms with van der Waals surface area (Å²) in [7, 11) is 1.53. The van der Waals surface area contributed by atoms with E-state index in [4.69, 9.17) is 20.2 Å². The molecule has 0 bridgehead atoms. The maximum atomic E-state index is 12.0. The van der Waals surface area contributed by atoms with Crippen LogP contribution in [0.1, 0.15) is 63.4 Å². The molecule has 0 unspecified atom stereocenters. The number of ether oxygens (including phenoxy) is 2. The number of rotatable bonds is 9. The first-order valence-corrected chi connectivity index (χ1v) is 11.9. The number of carboxylic acid groups (broad SMARTS) is 1. The zero-order valence-electron chi connectivity index (χ0n) is 22.2. The highest BCUT2D eigenvalue weighted by molar-refractivity contribution is 5.92. The third-order valence-electron chi connectivity index (χ3n) is 6.44. The summed E-state index contributed by atoms with van der Waals surface area (Å²) in [5.41, 5.74) is 15.0. The number of carboxylic acids is 1. The summed E-state index contributed by atoms with van der Waals surface area (Å²) in [4.78, 5) is 17.0. The van der Waals surface area contributed by atoms with Gasteiger partial charge in [-0.2, -0.15) is 0 Å². The Morgan fingerprint density at radius 2 is 1.69 bits per heavy atom. The predicted molar refractivity (Wildman–Crippen MR) is 147 cm³/mol. The van der Waals surface area contributed by atoms with Crippen molar-refractivity contribution in [1.82, 2.24) is 4.98 Å². The number of aryl methyl sites for hydroxylation is 2. The van der Waals surface area contributed by atoms with E-state index in [9.17, 15) is 9.90 Å². The number of hydrogen-bond donors (Lipinski definition) is 2. The molecule has 0 spiro atoms. The Labute approximate surface area is 220 Å². The summed E-state index contributed by atoms with van der Waals surface area (Å²) in [6, 6.07) is 9.87. The van der Waals surface area contributed by atoms with Crippen LogP contribution in [0.4, 0.5) is 0 Å². The monoisotopic (exact) mass is 512 g/mol. The Morgan fingerprint density at radius 1 is 1.06 bits per heavy atom. The number of aromatic nitrogens is 1. The zero-order valence-corrected chi connectivity index (χ0v) is 23.0. The highest BCUT2D eigenvalue weighted by atomic mass is 35.5. The number of aromatic carboxylic acids is 1. The number of benzene rings is 2. The molecule has 0 aliphatic carbocycles. The van der Waals surface area contributed by atoms with Gasteiger partial charge in [-0.3, -0.25) is 4.98 Å². The van der Waals surface area contributed by atoms with E-state index in [2.05, 4.69) is 45.0 Å². The van der Waals surface area contributed by atoms with Gasteiger partial charge in [0.15, 0.2) is 0 Å². The fourth-order valence-corrected chi connectivity index (χ4v) is 4.43. The van der Waals surface area contributed by atoms with Crippen LogP contribution in [-0.4, -0.2) is 23.2 Å². The van der Waals surface area contributed by atoms with E-state index in [1.807, 2.05) is 20.8 Å². The number of methoxy groups -OCH3 is 1. The first-order valence-electron chi connectivity index (χ1n) is 11.9. The standard InChI is InChI=1S/C29H36N2O4.ClH/c1-16(2)12-25-23(14-30)27(21-10-8-17(3)9-11-21)24(20(6)31-25)15-35-28-19(5)18(4)26(34-7)13-22(28)29(32)33;/h8-11,13,16H,12,14-15,30H2,1-7H3,(H,32,33);1H. The van der Waals surface area contributed by atoms with Gasteiger partial charge in [-0.25, -0.2) is 4.79 Å². The molecule has 3 aromatic rings. The molecule has 3 N–H and O–H groups in total. The molecule has 36 heavy (non-hydrogen) atoms. The molecular weight excluding hydrogens is 476 g/mol. The van der Waals surface area contributed by atoms with Gasteiger partial charge in [0.2, 0.25) is 0 Å². The fourth-order valence-electron chi connectivity index (χ4n) is 4.43. The quantitative estimate of drug-likeness (QED) is 0.347. The summed E-state index contributed by atoms with van der Waals surface area (Å²) in [6.45, 7) is 12.6. The molecule has 2 aromatic carbocycles. The molecule has 0 saturated carbocycles. The lowest BCUT2D eigenvalue weighted by Crippen LogP contribution is -2.15. The highest BCUT2D eigenvalue weighted by Gasteiger charge is 2.23. The van der Waals surface area contributed by atoms with Gasteiger partial charge in [0.05, 0.1) is 7.11 Å². The Hall–Kier alpha value is -3.09. The molecule has 194 valence electrons. The molecule has 1 aromatic heterocycles. The molecule has 0 aliphatic rings. The molecular formula is C29H37ClN2O4. The molecule has 0 atom stereocenters. The number of nitrogens with two attached hydrogens (primary N) is 1. The third-order valence-corrected chi connectivity index (χ3v) is 6.44. The lowest BCUT2D eigenvalue weighted by atomic mass is 9.90. The minimum Gasteiger partial charge on any atom is -0.496 e. The van der Waals surface area contributed by atoms with Crippen molar-refractivity contribution in [2.45, 2.75) is 61.1 Å². The van der Waals surface area contributed by atoms with Crippen LogP contribution in [0.15, 0.2) is 30.3 Å². The first kappa shape index (κ1) is 29.1. The van der Waals surface area contributed by atoms with Crippen LogP contribution in [0.5, 0.6) is 11.5 Å². The summed E-state index contributed by atoms with van der Waals surface area (Å²) in [5.74, 6) is 0.229. The number of carbonyl (C=O) groups is 1. The number of halogens is 1. The van der Waals surface area contributed by atoms with Gasteiger partial charge in [0.25, 0.3) is 0 Å². The Morgan fingerprint density at radius 3 is 2.22 bits per heavy atom. The van der Waals surface area contributed by atoms with Crippen LogP contribution in [0, 0.1) is 33.6 Å². The summed E-state index contributed by atoms with van der Waals surface area (Å²) >= 11 is 0. The van der Waals surface area contributed by atoms with Gasteiger partial charge >= 0.3 is 5.97 Å². The molecule has 3 rings (SSSR count). The van der Waals surface area contributed by atoms with Gasteiger partial charge in [0.1, 0.15) is 23.7 Å². The van der Waals surface area contributed by atoms with Crippen molar-refractivity contribution in [1.29, 1.82) is 0 Å². The van der Waals surface area contributed by atoms with Gasteiger partial charge in [0, 0.05) is 23.5 Å². The topological polar surface area (TPSA) is 94.7 Å². The summed E-state index contributed by atoms with van der Waals surface area (Å²) in [5, 5.41) is 9.85. The van der Waals surface area contributed by atoms with E-state index in [-0.39, 0.29) is 24.6 Å². The molecule has 7 heteroatoms. The summed E-state index contributed by atoms with van der Waals surface area (Å²) < 4.78 is 11.6. The van der Waals surface area contributed by atoms with Gasteiger partial charge in [-0.15, -0.1) is 12.4 Å². The van der Waals surface area contributed by atoms with Crippen LogP contribution < -0.4 is 15.2 Å². The van der Waals surface area contributed by atoms with Gasteiger partial charge in [-0.1, -0.05) is 43.7 Å². The zero-order chi connectivity index (χ0) is 25.9. The van der Waals surface area contributed by atoms with Crippen LogP contribution in [0.2, 0.25) is 0 Å². The smallest absolute Gasteiger partial charge is 0.339 e. The Balaban J connectivity index is 0.00000456. The average Bonchev–Trinajstić information content (AvgIpc) is 2.80. The van der Waals surface area contributed by atoms with Crippen molar-refractivity contribution < 1.29 is 19.4 Å². The molecule has 0 amide bonds. The van der Waals surface area contributed by atoms with Gasteiger partial charge < -0.3 is 20.3 Å². The molecule has 0 saturated heterocycles. The van der Waals surface area contributed by atoms with E-state index in [0.29, 0.717) is 24.0 Å². The summed E-state index contributed by atoms with van der Waals surface area (Å²) in [6.07, 6.45) is 0.827. The van der Waals surface area contributed by atoms with Crippen LogP contribution in [-0.2, 0) is 19.6 Å². The minimum absolute atomic E-state index is 0. The first-order chi connectivity index (χ1) is 16.6. The van der Waals surface area contributed by atoms with E-state index < -0.39 is 5.97 Å². The van der Waals surface area contributed by atoms with Crippen molar-refractivity contribution in [3.05, 3.63) is 75.1 Å². The SMILES string of the molecule is COc1cc(C(=O)O)c(OCc2c(C)nc(CC(C)C)c(CN)c2-c2ccc(C)cc2)c(C)c1C.Cl. The predicted octanol–water partition coefficient (Wildman–Crippen LogP) is 6.35. The van der Waals surface area contributed by atoms with E-state index in [1.54, 1.807) is 0 Å². The second-order valence-corrected chi connectivity index (χ2v) is 9.44. The maximum absolute atomic E-state index is 12.0. The molecule has 0 radical (unpaired) electrons. The van der Waals surface area contributed by atoms with Crippen molar-refractivity contribution in [2.75, 3.05) is 7.11 Å².